The van der Waals surface area contributed by atoms with Crippen LogP contribution in [0.2, 0.25) is 0 Å². The van der Waals surface area contributed by atoms with Crippen LogP contribution in [0.3, 0.4) is 0 Å². The number of allylic oxidation sites excluding steroid dienone is 1. The van der Waals surface area contributed by atoms with Gasteiger partial charge >= 0.3 is 5.97 Å². The third kappa shape index (κ3) is 5.07. The number of nitrogens with zero attached hydrogens (tertiary/aromatic N) is 4. The summed E-state index contributed by atoms with van der Waals surface area (Å²) in [6.45, 7) is 4.33. The van der Waals surface area contributed by atoms with Crippen LogP contribution in [0.15, 0.2) is 35.3 Å². The van der Waals surface area contributed by atoms with Gasteiger partial charge in [-0.15, -0.1) is 5.92 Å². The number of aromatic nitrogens is 3. The second-order valence-electron chi connectivity index (χ2n) is 4.86. The lowest BCUT2D eigenvalue weighted by Gasteiger charge is -2.06. The van der Waals surface area contributed by atoms with Crippen LogP contribution < -0.4 is 11.1 Å². The zero-order chi connectivity index (χ0) is 18.1. The lowest BCUT2D eigenvalue weighted by Crippen LogP contribution is -2.10. The van der Waals surface area contributed by atoms with Crippen LogP contribution >= 0.6 is 0 Å². The first-order valence-electron chi connectivity index (χ1n) is 7.73. The predicted octanol–water partition coefficient (Wildman–Crippen LogP) is 1.30. The average Bonchev–Trinajstić information content (AvgIpc) is 3.01. The number of fused-ring (bicyclic) bond motifs is 1. The molecule has 0 amide bonds. The largest absolute Gasteiger partial charge is 0.465 e. The molecule has 0 bridgehead atoms. The van der Waals surface area contributed by atoms with Crippen LogP contribution in [0, 0.1) is 11.8 Å². The molecular formula is C17H20N6O2. The Bertz CT molecular complexity index is 857. The zero-order valence-electron chi connectivity index (χ0n) is 14.2. The number of aliphatic imine (C=N–C) groups is 1. The number of esters is 1. The molecule has 0 aliphatic rings. The van der Waals surface area contributed by atoms with E-state index in [2.05, 4.69) is 32.1 Å². The van der Waals surface area contributed by atoms with Crippen LogP contribution in [-0.2, 0) is 16.1 Å². The number of ether oxygens (including phenoxy) is 1. The van der Waals surface area contributed by atoms with E-state index in [0.29, 0.717) is 24.8 Å². The molecular weight excluding hydrogens is 320 g/mol. The first-order valence-corrected chi connectivity index (χ1v) is 7.73. The number of nitrogens with two attached hydrogens (primary N) is 1. The van der Waals surface area contributed by atoms with Gasteiger partial charge < -0.3 is 20.4 Å². The van der Waals surface area contributed by atoms with E-state index >= 15 is 0 Å². The molecule has 2 aromatic rings. The van der Waals surface area contributed by atoms with Gasteiger partial charge in [-0.1, -0.05) is 5.92 Å². The fourth-order valence-electron chi connectivity index (χ4n) is 1.99. The van der Waals surface area contributed by atoms with Gasteiger partial charge in [0.1, 0.15) is 12.2 Å². The van der Waals surface area contributed by atoms with Crippen molar-refractivity contribution in [2.75, 3.05) is 18.5 Å². The SMILES string of the molecule is CC#CCn1ccc2cnc(NC(C=NCC(=O)OCC)=CN)nc21. The zero-order valence-corrected chi connectivity index (χ0v) is 14.2. The van der Waals surface area contributed by atoms with Crippen molar-refractivity contribution in [3.63, 3.8) is 0 Å². The van der Waals surface area contributed by atoms with E-state index in [1.165, 1.54) is 12.4 Å². The lowest BCUT2D eigenvalue weighted by molar-refractivity contribution is -0.141. The number of anilines is 1. The molecule has 0 aliphatic heterocycles. The van der Waals surface area contributed by atoms with Gasteiger partial charge in [-0.25, -0.2) is 4.98 Å². The molecule has 0 saturated carbocycles. The van der Waals surface area contributed by atoms with Crippen molar-refractivity contribution in [1.29, 1.82) is 0 Å². The maximum absolute atomic E-state index is 11.3. The van der Waals surface area contributed by atoms with Crippen LogP contribution in [0.5, 0.6) is 0 Å². The molecule has 2 rings (SSSR count). The van der Waals surface area contributed by atoms with Gasteiger partial charge in [-0.05, 0) is 19.9 Å². The average molecular weight is 340 g/mol. The Balaban J connectivity index is 2.10. The fraction of sp³-hybridized carbons (Fsp3) is 0.294. The molecule has 0 aliphatic carbocycles. The molecule has 0 atom stereocenters. The number of hydrogen-bond donors (Lipinski definition) is 2. The van der Waals surface area contributed by atoms with E-state index in [-0.39, 0.29) is 6.54 Å². The summed E-state index contributed by atoms with van der Waals surface area (Å²) in [5.41, 5.74) is 6.81. The summed E-state index contributed by atoms with van der Waals surface area (Å²) in [6, 6.07) is 1.93. The molecule has 2 aromatic heterocycles. The highest BCUT2D eigenvalue weighted by Crippen LogP contribution is 2.14. The predicted molar refractivity (Wildman–Crippen MR) is 96.9 cm³/mol. The molecule has 0 fully saturated rings. The maximum atomic E-state index is 11.3. The van der Waals surface area contributed by atoms with Crippen LogP contribution in [0.25, 0.3) is 11.0 Å². The Morgan fingerprint density at radius 1 is 1.56 bits per heavy atom. The van der Waals surface area contributed by atoms with Crippen molar-refractivity contribution in [3.8, 4) is 11.8 Å². The van der Waals surface area contributed by atoms with Gasteiger partial charge in [0.25, 0.3) is 0 Å². The summed E-state index contributed by atoms with van der Waals surface area (Å²) in [6.07, 6.45) is 6.38. The van der Waals surface area contributed by atoms with Crippen molar-refractivity contribution >= 4 is 29.2 Å². The Hall–Kier alpha value is -3.34. The monoisotopic (exact) mass is 340 g/mol. The van der Waals surface area contributed by atoms with Crippen LogP contribution in [-0.4, -0.2) is 39.9 Å². The lowest BCUT2D eigenvalue weighted by atomic mass is 10.4. The van der Waals surface area contributed by atoms with Gasteiger partial charge in [0.2, 0.25) is 5.95 Å². The molecule has 3 N–H and O–H groups in total. The van der Waals surface area contributed by atoms with E-state index in [0.717, 1.165) is 11.0 Å². The number of hydrogen-bond acceptors (Lipinski definition) is 7. The topological polar surface area (TPSA) is 107 Å². The van der Waals surface area contributed by atoms with Crippen molar-refractivity contribution in [2.45, 2.75) is 20.4 Å². The first kappa shape index (κ1) is 18.0. The second-order valence-corrected chi connectivity index (χ2v) is 4.86. The normalized spacial score (nSPS) is 11.4. The van der Waals surface area contributed by atoms with Gasteiger partial charge in [-0.3, -0.25) is 9.79 Å². The van der Waals surface area contributed by atoms with Gasteiger partial charge in [0, 0.05) is 30.2 Å². The quantitative estimate of drug-likeness (QED) is 0.447. The number of rotatable bonds is 7. The third-order valence-corrected chi connectivity index (χ3v) is 3.12. The summed E-state index contributed by atoms with van der Waals surface area (Å²) in [5, 5.41) is 3.88. The summed E-state index contributed by atoms with van der Waals surface area (Å²) in [7, 11) is 0. The van der Waals surface area contributed by atoms with Gasteiger partial charge in [-0.2, -0.15) is 4.98 Å². The molecule has 0 aromatic carbocycles. The molecule has 0 radical (unpaired) electrons. The van der Waals surface area contributed by atoms with Crippen molar-refractivity contribution in [2.24, 2.45) is 10.7 Å². The summed E-state index contributed by atoms with van der Waals surface area (Å²) in [4.78, 5) is 24.0. The molecule has 8 heteroatoms. The molecule has 0 saturated heterocycles. The second kappa shape index (κ2) is 9.08. The molecule has 8 nitrogen and oxygen atoms in total. The summed E-state index contributed by atoms with van der Waals surface area (Å²) >= 11 is 0. The Morgan fingerprint density at radius 2 is 2.40 bits per heavy atom. The van der Waals surface area contributed by atoms with Crippen molar-refractivity contribution in [3.05, 3.63) is 30.4 Å². The minimum atomic E-state index is -0.400. The number of carbonyl (C=O) groups excluding carboxylic acids is 1. The molecule has 0 spiro atoms. The van der Waals surface area contributed by atoms with E-state index in [1.54, 1.807) is 20.0 Å². The molecule has 0 unspecified atom stereocenters. The number of nitrogens with one attached hydrogen (secondary N) is 1. The Labute approximate surface area is 145 Å². The van der Waals surface area contributed by atoms with Crippen LogP contribution in [0.1, 0.15) is 13.8 Å². The smallest absolute Gasteiger partial charge is 0.327 e. The minimum absolute atomic E-state index is 0.0781. The van der Waals surface area contributed by atoms with E-state index < -0.39 is 5.97 Å². The van der Waals surface area contributed by atoms with Crippen LogP contribution in [0.4, 0.5) is 5.95 Å². The highest BCUT2D eigenvalue weighted by Gasteiger charge is 2.06. The fourth-order valence-corrected chi connectivity index (χ4v) is 1.99. The van der Waals surface area contributed by atoms with Gasteiger partial charge in [0.15, 0.2) is 0 Å². The summed E-state index contributed by atoms with van der Waals surface area (Å²) in [5.74, 6) is 5.83. The summed E-state index contributed by atoms with van der Waals surface area (Å²) < 4.78 is 6.73. The molecule has 25 heavy (non-hydrogen) atoms. The third-order valence-electron chi connectivity index (χ3n) is 3.12. The van der Waals surface area contributed by atoms with E-state index in [1.807, 2.05) is 16.8 Å². The first-order chi connectivity index (χ1) is 12.2. The highest BCUT2D eigenvalue weighted by molar-refractivity contribution is 5.85. The number of carbonyl (C=O) groups is 1. The standard InChI is InChI=1S/C17H20N6O2/c1-3-5-7-23-8-6-13-10-20-17(22-16(13)23)21-14(9-18)11-19-12-15(24)25-4-2/h6,8-11H,4,7,12,18H2,1-2H3,(H,20,21,22). The van der Waals surface area contributed by atoms with Crippen molar-refractivity contribution in [1.82, 2.24) is 14.5 Å². The molecule has 2 heterocycles. The minimum Gasteiger partial charge on any atom is -0.465 e. The van der Waals surface area contributed by atoms with E-state index in [4.69, 9.17) is 10.5 Å². The van der Waals surface area contributed by atoms with Crippen molar-refractivity contribution < 1.29 is 9.53 Å². The highest BCUT2D eigenvalue weighted by atomic mass is 16.5. The van der Waals surface area contributed by atoms with Gasteiger partial charge in [0.05, 0.1) is 18.8 Å². The van der Waals surface area contributed by atoms with E-state index in [9.17, 15) is 4.79 Å². The Kier molecular flexibility index (Phi) is 6.54. The maximum Gasteiger partial charge on any atom is 0.327 e. The molecule has 130 valence electrons. The Morgan fingerprint density at radius 3 is 3.12 bits per heavy atom.